The van der Waals surface area contributed by atoms with E-state index in [4.69, 9.17) is 14.0 Å². The van der Waals surface area contributed by atoms with Crippen molar-refractivity contribution < 1.29 is 23.9 Å². The molecule has 10 nitrogen and oxygen atoms in total. The van der Waals surface area contributed by atoms with Crippen molar-refractivity contribution in [2.75, 3.05) is 5.32 Å². The zero-order chi connectivity index (χ0) is 25.6. The number of ether oxygens (including phenoxy) is 2. The van der Waals surface area contributed by atoms with Crippen LogP contribution < -0.4 is 14.8 Å². The second-order valence-electron chi connectivity index (χ2n) is 8.88. The fourth-order valence-corrected chi connectivity index (χ4v) is 4.31. The van der Waals surface area contributed by atoms with E-state index in [1.54, 1.807) is 24.5 Å². The molecule has 1 aliphatic rings. The fourth-order valence-electron chi connectivity index (χ4n) is 4.31. The van der Waals surface area contributed by atoms with Gasteiger partial charge in [0, 0.05) is 24.4 Å². The predicted octanol–water partition coefficient (Wildman–Crippen LogP) is 5.26. The Hall–Kier alpha value is -4.47. The number of para-hydroxylation sites is 1. The maximum atomic E-state index is 11.3. The number of hydrogen-bond donors (Lipinski definition) is 2. The van der Waals surface area contributed by atoms with Gasteiger partial charge in [-0.25, -0.2) is 9.97 Å². The predicted molar refractivity (Wildman–Crippen MR) is 134 cm³/mol. The number of rotatable bonds is 9. The van der Waals surface area contributed by atoms with Crippen LogP contribution in [0.2, 0.25) is 0 Å². The third kappa shape index (κ3) is 6.03. The van der Waals surface area contributed by atoms with E-state index in [-0.39, 0.29) is 12.0 Å². The lowest BCUT2D eigenvalue weighted by Gasteiger charge is -2.27. The number of pyridine rings is 1. The molecule has 5 rings (SSSR count). The zero-order valence-electron chi connectivity index (χ0n) is 20.3. The summed E-state index contributed by atoms with van der Waals surface area (Å²) >= 11 is 0. The summed E-state index contributed by atoms with van der Waals surface area (Å²) < 4.78 is 17.4. The molecule has 2 atom stereocenters. The standard InChI is InChI=1S/C27H27N5O5/c1-17-22(16-30-27-28-13-12-24(31-27)36-19-7-3-2-4-8-19)25(37-32-17)23-11-10-21(15-29-23)35-20-9-5-6-18(14-20)26(33)34/h2-4,7-8,10-13,15,18,20H,5-6,9,14,16H2,1H3,(H,33,34)(H,28,30,31)/t18-,20-/m0/s1. The van der Waals surface area contributed by atoms with E-state index in [2.05, 4.69) is 25.4 Å². The van der Waals surface area contributed by atoms with Crippen LogP contribution in [0.1, 0.15) is 36.9 Å². The molecule has 3 aromatic heterocycles. The van der Waals surface area contributed by atoms with E-state index >= 15 is 0 Å². The number of carbonyl (C=O) groups is 1. The first-order valence-corrected chi connectivity index (χ1v) is 12.2. The molecule has 0 bridgehead atoms. The topological polar surface area (TPSA) is 132 Å². The van der Waals surface area contributed by atoms with E-state index in [1.807, 2.05) is 43.3 Å². The monoisotopic (exact) mass is 501 g/mol. The van der Waals surface area contributed by atoms with Crippen molar-refractivity contribution in [3.8, 4) is 28.8 Å². The molecule has 1 aromatic carbocycles. The molecular formula is C27H27N5O5. The zero-order valence-corrected chi connectivity index (χ0v) is 20.3. The summed E-state index contributed by atoms with van der Waals surface area (Å²) in [5.41, 5.74) is 2.16. The average Bonchev–Trinajstić information content (AvgIpc) is 3.29. The molecular weight excluding hydrogens is 474 g/mol. The first-order valence-electron chi connectivity index (χ1n) is 12.2. The molecule has 3 heterocycles. The Bertz CT molecular complexity index is 1340. The minimum atomic E-state index is -0.760. The molecule has 0 unspecified atom stereocenters. The summed E-state index contributed by atoms with van der Waals surface area (Å²) in [6.07, 6.45) is 6.00. The van der Waals surface area contributed by atoms with Crippen LogP contribution in [0.25, 0.3) is 11.5 Å². The number of hydrogen-bond acceptors (Lipinski definition) is 9. The van der Waals surface area contributed by atoms with Gasteiger partial charge in [0.1, 0.15) is 17.2 Å². The molecule has 0 amide bonds. The van der Waals surface area contributed by atoms with Gasteiger partial charge < -0.3 is 24.4 Å². The highest BCUT2D eigenvalue weighted by Crippen LogP contribution is 2.30. The number of benzene rings is 1. The average molecular weight is 502 g/mol. The maximum Gasteiger partial charge on any atom is 0.306 e. The van der Waals surface area contributed by atoms with Gasteiger partial charge in [-0.1, -0.05) is 23.4 Å². The minimum Gasteiger partial charge on any atom is -0.489 e. The van der Waals surface area contributed by atoms with Crippen LogP contribution in [-0.4, -0.2) is 37.3 Å². The van der Waals surface area contributed by atoms with Crippen molar-refractivity contribution >= 4 is 11.9 Å². The van der Waals surface area contributed by atoms with Gasteiger partial charge in [-0.05, 0) is 56.9 Å². The molecule has 2 N–H and O–H groups in total. The van der Waals surface area contributed by atoms with Crippen molar-refractivity contribution in [1.82, 2.24) is 20.1 Å². The smallest absolute Gasteiger partial charge is 0.306 e. The normalized spacial score (nSPS) is 17.2. The number of nitrogens with one attached hydrogen (secondary N) is 1. The number of aliphatic carboxylic acids is 1. The first kappa shape index (κ1) is 24.2. The summed E-state index contributed by atoms with van der Waals surface area (Å²) in [6, 6.07) is 14.7. The van der Waals surface area contributed by atoms with Gasteiger partial charge >= 0.3 is 5.97 Å². The molecule has 0 saturated heterocycles. The number of nitrogens with zero attached hydrogens (tertiary/aromatic N) is 4. The molecule has 10 heteroatoms. The van der Waals surface area contributed by atoms with Crippen LogP contribution in [-0.2, 0) is 11.3 Å². The van der Waals surface area contributed by atoms with E-state index in [0.29, 0.717) is 54.2 Å². The van der Waals surface area contributed by atoms with Crippen LogP contribution >= 0.6 is 0 Å². The van der Waals surface area contributed by atoms with Crippen LogP contribution in [0.4, 0.5) is 5.95 Å². The van der Waals surface area contributed by atoms with Crippen LogP contribution in [0.15, 0.2) is 65.4 Å². The Kier molecular flexibility index (Phi) is 7.25. The molecule has 190 valence electrons. The van der Waals surface area contributed by atoms with Crippen LogP contribution in [0.5, 0.6) is 17.4 Å². The largest absolute Gasteiger partial charge is 0.489 e. The SMILES string of the molecule is Cc1noc(-c2ccc(O[C@H]3CCC[C@H](C(=O)O)C3)cn2)c1CNc1nccc(Oc2ccccc2)n1. The Labute approximate surface area is 213 Å². The summed E-state index contributed by atoms with van der Waals surface area (Å²) in [5.74, 6) is 1.54. The van der Waals surface area contributed by atoms with Gasteiger partial charge in [-0.15, -0.1) is 0 Å². The fraction of sp³-hybridized carbons (Fsp3) is 0.296. The third-order valence-corrected chi connectivity index (χ3v) is 6.25. The van der Waals surface area contributed by atoms with E-state index in [0.717, 1.165) is 24.1 Å². The van der Waals surface area contributed by atoms with Crippen molar-refractivity contribution in [3.05, 3.63) is 72.2 Å². The molecule has 1 aliphatic carbocycles. The molecule has 37 heavy (non-hydrogen) atoms. The molecule has 1 saturated carbocycles. The number of aryl methyl sites for hydroxylation is 1. The highest BCUT2D eigenvalue weighted by molar-refractivity contribution is 5.70. The maximum absolute atomic E-state index is 11.3. The minimum absolute atomic E-state index is 0.128. The van der Waals surface area contributed by atoms with Gasteiger partial charge in [0.2, 0.25) is 11.8 Å². The number of carboxylic acids is 1. The van der Waals surface area contributed by atoms with E-state index in [1.165, 1.54) is 0 Å². The summed E-state index contributed by atoms with van der Waals surface area (Å²) in [4.78, 5) is 24.5. The molecule has 0 radical (unpaired) electrons. The van der Waals surface area contributed by atoms with Crippen LogP contribution in [0, 0.1) is 12.8 Å². The van der Waals surface area contributed by atoms with Crippen molar-refractivity contribution in [2.45, 2.75) is 45.3 Å². The van der Waals surface area contributed by atoms with Crippen LogP contribution in [0.3, 0.4) is 0 Å². The number of carboxylic acid groups (broad SMARTS) is 1. The molecule has 4 aromatic rings. The van der Waals surface area contributed by atoms with Crippen molar-refractivity contribution in [1.29, 1.82) is 0 Å². The Morgan fingerprint density at radius 2 is 1.97 bits per heavy atom. The van der Waals surface area contributed by atoms with Gasteiger partial charge in [-0.3, -0.25) is 4.79 Å². The Balaban J connectivity index is 1.24. The highest BCUT2D eigenvalue weighted by atomic mass is 16.5. The second-order valence-corrected chi connectivity index (χ2v) is 8.88. The van der Waals surface area contributed by atoms with E-state index in [9.17, 15) is 9.90 Å². The molecule has 0 spiro atoms. The lowest BCUT2D eigenvalue weighted by atomic mass is 9.87. The van der Waals surface area contributed by atoms with Crippen molar-refractivity contribution in [3.63, 3.8) is 0 Å². The quantitative estimate of drug-likeness (QED) is 0.313. The number of anilines is 1. The highest BCUT2D eigenvalue weighted by Gasteiger charge is 2.28. The third-order valence-electron chi connectivity index (χ3n) is 6.25. The van der Waals surface area contributed by atoms with Crippen molar-refractivity contribution in [2.24, 2.45) is 5.92 Å². The molecule has 1 fully saturated rings. The Morgan fingerprint density at radius 1 is 1.11 bits per heavy atom. The summed E-state index contributed by atoms with van der Waals surface area (Å²) in [6.45, 7) is 2.23. The van der Waals surface area contributed by atoms with E-state index < -0.39 is 5.97 Å². The van der Waals surface area contributed by atoms with Gasteiger partial charge in [0.25, 0.3) is 0 Å². The molecule has 0 aliphatic heterocycles. The number of aromatic nitrogens is 4. The first-order chi connectivity index (χ1) is 18.0. The Morgan fingerprint density at radius 3 is 2.76 bits per heavy atom. The van der Waals surface area contributed by atoms with Gasteiger partial charge in [-0.2, -0.15) is 4.98 Å². The lowest BCUT2D eigenvalue weighted by Crippen LogP contribution is -2.29. The second kappa shape index (κ2) is 11.1. The summed E-state index contributed by atoms with van der Waals surface area (Å²) in [5, 5.41) is 16.6. The van der Waals surface area contributed by atoms with Gasteiger partial charge in [0.05, 0.1) is 23.9 Å². The lowest BCUT2D eigenvalue weighted by molar-refractivity contribution is -0.143. The summed E-state index contributed by atoms with van der Waals surface area (Å²) in [7, 11) is 0. The van der Waals surface area contributed by atoms with Gasteiger partial charge in [0.15, 0.2) is 5.76 Å².